The number of ether oxygens (including phenoxy) is 1. The second kappa shape index (κ2) is 10.7. The van der Waals surface area contributed by atoms with Crippen molar-refractivity contribution in [3.05, 3.63) is 93.8 Å². The number of hydrogen-bond donors (Lipinski definition) is 2. The summed E-state index contributed by atoms with van der Waals surface area (Å²) < 4.78 is 5.21. The summed E-state index contributed by atoms with van der Waals surface area (Å²) in [5.74, 6) is 0. The number of methoxy groups -OCH3 is 1. The van der Waals surface area contributed by atoms with Gasteiger partial charge in [0.15, 0.2) is 0 Å². The summed E-state index contributed by atoms with van der Waals surface area (Å²) >= 11 is 0. The van der Waals surface area contributed by atoms with Crippen LogP contribution in [0.4, 0.5) is 0 Å². The second-order valence-corrected chi connectivity index (χ2v) is 9.55. The average molecular weight is 470 g/mol. The highest BCUT2D eigenvalue weighted by atomic mass is 16.5. The lowest BCUT2D eigenvalue weighted by Crippen LogP contribution is -2.44. The minimum atomic E-state index is 0.0152. The maximum atomic E-state index is 12.3. The zero-order valence-corrected chi connectivity index (χ0v) is 20.7. The predicted octanol–water partition coefficient (Wildman–Crippen LogP) is 5.03. The van der Waals surface area contributed by atoms with Gasteiger partial charge in [0.25, 0.3) is 5.56 Å². The highest BCUT2D eigenvalue weighted by Crippen LogP contribution is 2.36. The number of piperidine rings is 1. The van der Waals surface area contributed by atoms with Crippen LogP contribution in [-0.2, 0) is 11.2 Å². The first-order chi connectivity index (χ1) is 17.2. The van der Waals surface area contributed by atoms with Gasteiger partial charge in [-0.15, -0.1) is 0 Å². The molecule has 0 amide bonds. The smallest absolute Gasteiger partial charge is 0.251 e. The van der Waals surface area contributed by atoms with Crippen molar-refractivity contribution in [3.63, 3.8) is 0 Å². The van der Waals surface area contributed by atoms with Crippen molar-refractivity contribution >= 4 is 21.7 Å². The number of nitrogens with one attached hydrogen (secondary N) is 2. The molecule has 0 spiro atoms. The van der Waals surface area contributed by atoms with Crippen LogP contribution < -0.4 is 10.9 Å². The van der Waals surface area contributed by atoms with Gasteiger partial charge in [0.1, 0.15) is 0 Å². The topological polar surface area (TPSA) is 57.4 Å². The molecule has 4 aromatic rings. The molecular formula is C30H35N3O2. The van der Waals surface area contributed by atoms with Crippen LogP contribution in [0.15, 0.2) is 71.5 Å². The Balaban J connectivity index is 1.54. The number of nitrogens with zero attached hydrogens (tertiary/aromatic N) is 1. The molecular weight excluding hydrogens is 434 g/mol. The molecule has 3 aromatic carbocycles. The zero-order chi connectivity index (χ0) is 24.2. The van der Waals surface area contributed by atoms with Crippen LogP contribution in [0.25, 0.3) is 21.7 Å². The molecule has 0 saturated carbocycles. The number of aromatic amines is 1. The Bertz CT molecular complexity index is 1350. The summed E-state index contributed by atoms with van der Waals surface area (Å²) in [7, 11) is 1.75. The quantitative estimate of drug-likeness (QED) is 0.355. The van der Waals surface area contributed by atoms with Crippen LogP contribution in [0.3, 0.4) is 0 Å². The third-order valence-corrected chi connectivity index (χ3v) is 7.39. The van der Waals surface area contributed by atoms with Gasteiger partial charge in [0, 0.05) is 43.9 Å². The monoisotopic (exact) mass is 469 g/mol. The van der Waals surface area contributed by atoms with Crippen molar-refractivity contribution in [2.75, 3.05) is 33.4 Å². The van der Waals surface area contributed by atoms with E-state index < -0.39 is 0 Å². The maximum Gasteiger partial charge on any atom is 0.251 e. The summed E-state index contributed by atoms with van der Waals surface area (Å²) in [5, 5.41) is 7.32. The first-order valence-corrected chi connectivity index (χ1v) is 12.8. The van der Waals surface area contributed by atoms with Gasteiger partial charge in [-0.2, -0.15) is 0 Å². The number of H-pyrrole nitrogens is 1. The van der Waals surface area contributed by atoms with Crippen molar-refractivity contribution in [1.29, 1.82) is 0 Å². The van der Waals surface area contributed by atoms with Crippen molar-refractivity contribution < 1.29 is 4.74 Å². The molecule has 0 bridgehead atoms. The van der Waals surface area contributed by atoms with Gasteiger partial charge in [-0.05, 0) is 64.7 Å². The lowest BCUT2D eigenvalue weighted by atomic mass is 9.90. The molecule has 1 fully saturated rings. The lowest BCUT2D eigenvalue weighted by molar-refractivity contribution is 0.152. The Kier molecular flexibility index (Phi) is 7.28. The fraction of sp³-hybridized carbons (Fsp3) is 0.367. The highest BCUT2D eigenvalue weighted by molar-refractivity contribution is 5.87. The minimum Gasteiger partial charge on any atom is -0.383 e. The molecule has 0 aliphatic carbocycles. The summed E-state index contributed by atoms with van der Waals surface area (Å²) in [6, 6.07) is 24.6. The first-order valence-electron chi connectivity index (χ1n) is 12.8. The summed E-state index contributed by atoms with van der Waals surface area (Å²) in [4.78, 5) is 18.0. The summed E-state index contributed by atoms with van der Waals surface area (Å²) in [5.41, 5.74) is 4.36. The molecule has 1 aromatic heterocycles. The zero-order valence-electron chi connectivity index (χ0n) is 20.7. The van der Waals surface area contributed by atoms with E-state index in [0.717, 1.165) is 62.0 Å². The van der Waals surface area contributed by atoms with E-state index in [1.165, 1.54) is 21.9 Å². The van der Waals surface area contributed by atoms with Gasteiger partial charge >= 0.3 is 0 Å². The molecule has 35 heavy (non-hydrogen) atoms. The Hall–Kier alpha value is -2.99. The third-order valence-electron chi connectivity index (χ3n) is 7.39. The molecule has 182 valence electrons. The number of pyridine rings is 1. The van der Waals surface area contributed by atoms with Gasteiger partial charge in [-0.25, -0.2) is 0 Å². The number of benzene rings is 3. The van der Waals surface area contributed by atoms with Crippen LogP contribution >= 0.6 is 0 Å². The van der Waals surface area contributed by atoms with Crippen LogP contribution in [0.1, 0.15) is 42.5 Å². The van der Waals surface area contributed by atoms with E-state index in [4.69, 9.17) is 4.74 Å². The van der Waals surface area contributed by atoms with Crippen molar-refractivity contribution in [2.45, 2.75) is 38.3 Å². The van der Waals surface area contributed by atoms with Gasteiger partial charge in [-0.1, -0.05) is 55.5 Å². The number of aromatic nitrogens is 1. The number of aryl methyl sites for hydroxylation is 1. The predicted molar refractivity (Wildman–Crippen MR) is 144 cm³/mol. The molecule has 1 saturated heterocycles. The third kappa shape index (κ3) is 5.03. The van der Waals surface area contributed by atoms with Crippen molar-refractivity contribution in [1.82, 2.24) is 15.2 Å². The summed E-state index contributed by atoms with van der Waals surface area (Å²) in [6.45, 7) is 5.74. The van der Waals surface area contributed by atoms with E-state index in [9.17, 15) is 4.79 Å². The van der Waals surface area contributed by atoms with E-state index in [2.05, 4.69) is 81.9 Å². The lowest BCUT2D eigenvalue weighted by Gasteiger charge is -2.39. The molecule has 5 rings (SSSR count). The first kappa shape index (κ1) is 23.7. The molecule has 1 unspecified atom stereocenters. The molecule has 1 atom stereocenters. The van der Waals surface area contributed by atoms with Crippen LogP contribution in [0.5, 0.6) is 0 Å². The van der Waals surface area contributed by atoms with Crippen LogP contribution in [-0.4, -0.2) is 49.3 Å². The largest absolute Gasteiger partial charge is 0.383 e. The number of likely N-dealkylation sites (tertiary alicyclic amines) is 1. The second-order valence-electron chi connectivity index (χ2n) is 9.55. The minimum absolute atomic E-state index is 0.0152. The normalized spacial score (nSPS) is 16.2. The van der Waals surface area contributed by atoms with Gasteiger partial charge in [0.05, 0.1) is 12.6 Å². The van der Waals surface area contributed by atoms with Crippen molar-refractivity contribution in [2.24, 2.45) is 0 Å². The average Bonchev–Trinajstić information content (AvgIpc) is 2.90. The maximum absolute atomic E-state index is 12.3. The van der Waals surface area contributed by atoms with E-state index in [1.807, 2.05) is 6.92 Å². The van der Waals surface area contributed by atoms with Crippen LogP contribution in [0, 0.1) is 0 Å². The van der Waals surface area contributed by atoms with E-state index in [0.29, 0.717) is 6.04 Å². The fourth-order valence-electron chi connectivity index (χ4n) is 5.51. The van der Waals surface area contributed by atoms with Crippen molar-refractivity contribution in [3.8, 4) is 0 Å². The van der Waals surface area contributed by atoms with E-state index >= 15 is 0 Å². The fourth-order valence-corrected chi connectivity index (χ4v) is 5.51. The Morgan fingerprint density at radius 2 is 1.83 bits per heavy atom. The SMILES string of the molecule is CCc1cc2cc(C(c3cccc4ccccc34)N3CCC(NCCOC)CC3)ccc2[nH]c1=O. The molecule has 1 aliphatic heterocycles. The van der Waals surface area contributed by atoms with Crippen LogP contribution in [0.2, 0.25) is 0 Å². The van der Waals surface area contributed by atoms with Gasteiger partial charge in [0.2, 0.25) is 0 Å². The Morgan fingerprint density at radius 3 is 2.63 bits per heavy atom. The van der Waals surface area contributed by atoms with Gasteiger partial charge < -0.3 is 15.0 Å². The molecule has 2 N–H and O–H groups in total. The molecule has 0 radical (unpaired) electrons. The van der Waals surface area contributed by atoms with E-state index in [1.54, 1.807) is 7.11 Å². The van der Waals surface area contributed by atoms with E-state index in [-0.39, 0.29) is 11.6 Å². The summed E-state index contributed by atoms with van der Waals surface area (Å²) in [6.07, 6.45) is 2.96. The highest BCUT2D eigenvalue weighted by Gasteiger charge is 2.28. The Labute approximate surface area is 207 Å². The van der Waals surface area contributed by atoms with Gasteiger partial charge in [-0.3, -0.25) is 9.69 Å². The molecule has 2 heterocycles. The number of rotatable bonds is 8. The Morgan fingerprint density at radius 1 is 1.03 bits per heavy atom. The molecule has 1 aliphatic rings. The molecule has 5 heteroatoms. The number of fused-ring (bicyclic) bond motifs is 2. The number of hydrogen-bond acceptors (Lipinski definition) is 4. The molecule has 5 nitrogen and oxygen atoms in total. The standard InChI is InChI=1S/C30H35N3O2/c1-3-21-19-24-20-23(11-12-28(24)32-30(21)34)29(27-10-6-8-22-7-4-5-9-26(22)27)33-16-13-25(14-17-33)31-15-18-35-2/h4-12,19-20,25,29,31H,3,13-18H2,1-2H3,(H,32,34).